The minimum atomic E-state index is -0.548. The summed E-state index contributed by atoms with van der Waals surface area (Å²) in [7, 11) is 0. The Morgan fingerprint density at radius 1 is 1.25 bits per heavy atom. The number of allylic oxidation sites excluding steroid dienone is 3. The SMILES string of the molecule is CCOCCOC(=O)C1=C(C)NC2=C(C(=O)CC(C)(C)C2)C1c1ccc(C)o1. The Labute approximate surface area is 166 Å². The molecule has 0 radical (unpaired) electrons. The number of furan rings is 1. The molecule has 6 heteroatoms. The van der Waals surface area contributed by atoms with E-state index in [0.717, 1.165) is 17.9 Å². The molecular weight excluding hydrogens is 358 g/mol. The summed E-state index contributed by atoms with van der Waals surface area (Å²) in [6, 6.07) is 3.69. The van der Waals surface area contributed by atoms with E-state index in [4.69, 9.17) is 13.9 Å². The minimum absolute atomic E-state index is 0.0462. The molecule has 0 amide bonds. The van der Waals surface area contributed by atoms with Gasteiger partial charge < -0.3 is 19.2 Å². The zero-order chi connectivity index (χ0) is 20.5. The summed E-state index contributed by atoms with van der Waals surface area (Å²) < 4.78 is 16.5. The van der Waals surface area contributed by atoms with E-state index in [9.17, 15) is 9.59 Å². The molecule has 0 aromatic carbocycles. The van der Waals surface area contributed by atoms with Crippen LogP contribution in [0.2, 0.25) is 0 Å². The van der Waals surface area contributed by atoms with Crippen LogP contribution >= 0.6 is 0 Å². The van der Waals surface area contributed by atoms with Crippen LogP contribution in [-0.4, -0.2) is 31.6 Å². The van der Waals surface area contributed by atoms with Gasteiger partial charge in [0.15, 0.2) is 5.78 Å². The largest absolute Gasteiger partial charge is 0.465 e. The van der Waals surface area contributed by atoms with E-state index in [1.165, 1.54) is 0 Å². The van der Waals surface area contributed by atoms with Crippen molar-refractivity contribution in [2.24, 2.45) is 5.41 Å². The Kier molecular flexibility index (Phi) is 5.79. The predicted octanol–water partition coefficient (Wildman–Crippen LogP) is 3.77. The van der Waals surface area contributed by atoms with Crippen molar-refractivity contribution in [3.05, 3.63) is 46.2 Å². The van der Waals surface area contributed by atoms with Gasteiger partial charge in [0.2, 0.25) is 0 Å². The molecule has 0 spiro atoms. The molecule has 2 heterocycles. The van der Waals surface area contributed by atoms with Crippen LogP contribution in [0.15, 0.2) is 39.1 Å². The van der Waals surface area contributed by atoms with Gasteiger partial charge >= 0.3 is 5.97 Å². The highest BCUT2D eigenvalue weighted by molar-refractivity contribution is 6.04. The van der Waals surface area contributed by atoms with Crippen LogP contribution in [-0.2, 0) is 19.1 Å². The summed E-state index contributed by atoms with van der Waals surface area (Å²) in [5.74, 6) is 0.377. The van der Waals surface area contributed by atoms with Gasteiger partial charge in [-0.15, -0.1) is 0 Å². The Morgan fingerprint density at radius 3 is 2.64 bits per heavy atom. The molecule has 1 aromatic heterocycles. The number of rotatable bonds is 6. The zero-order valence-electron chi connectivity index (χ0n) is 17.3. The zero-order valence-corrected chi connectivity index (χ0v) is 17.3. The van der Waals surface area contributed by atoms with E-state index in [-0.39, 0.29) is 17.8 Å². The van der Waals surface area contributed by atoms with Crippen molar-refractivity contribution >= 4 is 11.8 Å². The lowest BCUT2D eigenvalue weighted by molar-refractivity contribution is -0.141. The third kappa shape index (κ3) is 4.07. The van der Waals surface area contributed by atoms with Crippen LogP contribution in [0.3, 0.4) is 0 Å². The molecule has 1 atom stereocenters. The van der Waals surface area contributed by atoms with Crippen LogP contribution in [0, 0.1) is 12.3 Å². The van der Waals surface area contributed by atoms with E-state index in [2.05, 4.69) is 19.2 Å². The topological polar surface area (TPSA) is 77.8 Å². The second-order valence-corrected chi connectivity index (χ2v) is 8.21. The predicted molar refractivity (Wildman–Crippen MR) is 105 cm³/mol. The van der Waals surface area contributed by atoms with Crippen LogP contribution in [0.4, 0.5) is 0 Å². The average Bonchev–Trinajstić information content (AvgIpc) is 3.02. The first-order valence-electron chi connectivity index (χ1n) is 9.78. The van der Waals surface area contributed by atoms with Crippen molar-refractivity contribution in [1.82, 2.24) is 5.32 Å². The van der Waals surface area contributed by atoms with Gasteiger partial charge in [-0.05, 0) is 44.7 Å². The van der Waals surface area contributed by atoms with Crippen LogP contribution in [0.1, 0.15) is 58.0 Å². The first-order valence-corrected chi connectivity index (χ1v) is 9.78. The van der Waals surface area contributed by atoms with Gasteiger partial charge in [-0.1, -0.05) is 13.8 Å². The molecule has 3 rings (SSSR count). The number of Topliss-reactive ketones (excluding diaryl/α,β-unsaturated/α-hetero) is 1. The van der Waals surface area contributed by atoms with Crippen molar-refractivity contribution in [3.63, 3.8) is 0 Å². The average molecular weight is 387 g/mol. The van der Waals surface area contributed by atoms with Gasteiger partial charge in [-0.25, -0.2) is 4.79 Å². The van der Waals surface area contributed by atoms with Crippen LogP contribution in [0.25, 0.3) is 0 Å². The quantitative estimate of drug-likeness (QED) is 0.591. The molecule has 0 bridgehead atoms. The van der Waals surface area contributed by atoms with Crippen molar-refractivity contribution in [3.8, 4) is 0 Å². The highest BCUT2D eigenvalue weighted by Crippen LogP contribution is 2.47. The summed E-state index contributed by atoms with van der Waals surface area (Å²) in [4.78, 5) is 26.0. The van der Waals surface area contributed by atoms with Crippen LogP contribution < -0.4 is 5.32 Å². The number of esters is 1. The monoisotopic (exact) mass is 387 g/mol. The van der Waals surface area contributed by atoms with Crippen molar-refractivity contribution in [2.75, 3.05) is 19.8 Å². The highest BCUT2D eigenvalue weighted by atomic mass is 16.6. The maximum atomic E-state index is 13.1. The lowest BCUT2D eigenvalue weighted by atomic mass is 9.69. The molecule has 0 saturated carbocycles. The second-order valence-electron chi connectivity index (χ2n) is 8.21. The first kappa shape index (κ1) is 20.4. The normalized spacial score (nSPS) is 21.5. The number of ketones is 1. The molecule has 1 N–H and O–H groups in total. The fourth-order valence-electron chi connectivity index (χ4n) is 4.02. The third-order valence-electron chi connectivity index (χ3n) is 5.17. The maximum Gasteiger partial charge on any atom is 0.336 e. The standard InChI is InChI=1S/C22H29NO5/c1-6-26-9-10-27-21(25)18-14(3)23-15-11-22(4,5)12-16(24)19(15)20(18)17-8-7-13(2)28-17/h7-8,20,23H,6,9-12H2,1-5H3. The Hall–Kier alpha value is -2.34. The molecule has 0 fully saturated rings. The van der Waals surface area contributed by atoms with Gasteiger partial charge in [0.1, 0.15) is 18.1 Å². The van der Waals surface area contributed by atoms with Gasteiger partial charge in [0.25, 0.3) is 0 Å². The molecule has 1 aliphatic carbocycles. The van der Waals surface area contributed by atoms with E-state index >= 15 is 0 Å². The number of hydrogen-bond donors (Lipinski definition) is 1. The van der Waals surface area contributed by atoms with Gasteiger partial charge in [0, 0.05) is 30.0 Å². The molecule has 2 aliphatic rings. The Morgan fingerprint density at radius 2 is 2.00 bits per heavy atom. The smallest absolute Gasteiger partial charge is 0.336 e. The molecule has 1 unspecified atom stereocenters. The first-order chi connectivity index (χ1) is 13.2. The minimum Gasteiger partial charge on any atom is -0.465 e. The Balaban J connectivity index is 1.99. The second kappa shape index (κ2) is 7.95. The number of hydrogen-bond acceptors (Lipinski definition) is 6. The summed E-state index contributed by atoms with van der Waals surface area (Å²) in [6.45, 7) is 10.8. The summed E-state index contributed by atoms with van der Waals surface area (Å²) >= 11 is 0. The molecule has 152 valence electrons. The van der Waals surface area contributed by atoms with E-state index < -0.39 is 11.9 Å². The van der Waals surface area contributed by atoms with E-state index in [0.29, 0.717) is 42.2 Å². The van der Waals surface area contributed by atoms with Gasteiger partial charge in [-0.3, -0.25) is 4.79 Å². The number of nitrogens with one attached hydrogen (secondary N) is 1. The molecule has 28 heavy (non-hydrogen) atoms. The highest BCUT2D eigenvalue weighted by Gasteiger charge is 2.44. The number of carbonyl (C=O) groups excluding carboxylic acids is 2. The molecule has 0 saturated heterocycles. The number of ether oxygens (including phenoxy) is 2. The molecule has 6 nitrogen and oxygen atoms in total. The van der Waals surface area contributed by atoms with Gasteiger partial charge in [0.05, 0.1) is 18.1 Å². The van der Waals surface area contributed by atoms with Gasteiger partial charge in [-0.2, -0.15) is 0 Å². The van der Waals surface area contributed by atoms with Crippen molar-refractivity contribution < 1.29 is 23.5 Å². The maximum absolute atomic E-state index is 13.1. The lowest BCUT2D eigenvalue weighted by Crippen LogP contribution is -2.38. The fraction of sp³-hybridized carbons (Fsp3) is 0.545. The fourth-order valence-corrected chi connectivity index (χ4v) is 4.02. The van der Waals surface area contributed by atoms with E-state index in [1.807, 2.05) is 32.9 Å². The van der Waals surface area contributed by atoms with Crippen molar-refractivity contribution in [1.29, 1.82) is 0 Å². The molecule has 1 aromatic rings. The summed E-state index contributed by atoms with van der Waals surface area (Å²) in [5, 5.41) is 3.31. The van der Waals surface area contributed by atoms with Crippen LogP contribution in [0.5, 0.6) is 0 Å². The molecular formula is C22H29NO5. The number of dihydropyridines is 1. The molecule has 1 aliphatic heterocycles. The number of aryl methyl sites for hydroxylation is 1. The summed E-state index contributed by atoms with van der Waals surface area (Å²) in [6.07, 6.45) is 1.18. The van der Waals surface area contributed by atoms with Crippen molar-refractivity contribution in [2.45, 2.75) is 53.4 Å². The third-order valence-corrected chi connectivity index (χ3v) is 5.17. The Bertz CT molecular complexity index is 843. The number of carbonyl (C=O) groups is 2. The van der Waals surface area contributed by atoms with E-state index in [1.54, 1.807) is 0 Å². The summed E-state index contributed by atoms with van der Waals surface area (Å²) in [5.41, 5.74) is 2.50. The lowest BCUT2D eigenvalue weighted by Gasteiger charge is -2.38.